The summed E-state index contributed by atoms with van der Waals surface area (Å²) in [7, 11) is 4.13. The third-order valence-electron chi connectivity index (χ3n) is 14.0. The van der Waals surface area contributed by atoms with Gasteiger partial charge in [-0.2, -0.15) is 15.0 Å². The monoisotopic (exact) mass is 944 g/mol. The second kappa shape index (κ2) is 23.9. The minimum absolute atomic E-state index is 0.0465. The van der Waals surface area contributed by atoms with Crippen LogP contribution in [0.1, 0.15) is 214 Å². The SMILES string of the molecule is COC1CC(C)(C)N(CCOOCCCC(C)=O)C(C)(C)C1.Cc1nc(NC(C)(C)CC(C)(C)C)nc(N(CCCCCCN(C)C2CC(C)(C)NC(C)(C)C2)C2CC(C)(C)NC(C)(C)C2)n1. The van der Waals surface area contributed by atoms with Gasteiger partial charge in [0.1, 0.15) is 11.6 Å². The number of methoxy groups -OCH3 is 1. The van der Waals surface area contributed by atoms with Gasteiger partial charge in [-0.15, -0.1) is 0 Å². The van der Waals surface area contributed by atoms with Crippen LogP contribution < -0.4 is 20.9 Å². The van der Waals surface area contributed by atoms with Crippen LogP contribution in [0.4, 0.5) is 11.9 Å². The first-order valence-electron chi connectivity index (χ1n) is 26.1. The Bertz CT molecular complexity index is 1620. The molecule has 3 N–H and O–H groups in total. The van der Waals surface area contributed by atoms with Gasteiger partial charge in [-0.05, 0) is 194 Å². The van der Waals surface area contributed by atoms with Gasteiger partial charge in [0.2, 0.25) is 11.9 Å². The normalized spacial score (nSPS) is 22.0. The summed E-state index contributed by atoms with van der Waals surface area (Å²) in [6, 6.07) is 1.01. The van der Waals surface area contributed by atoms with Gasteiger partial charge in [-0.3, -0.25) is 4.90 Å². The van der Waals surface area contributed by atoms with Crippen molar-refractivity contribution >= 4 is 17.7 Å². The van der Waals surface area contributed by atoms with Gasteiger partial charge >= 0.3 is 0 Å². The molecule has 0 saturated carbocycles. The van der Waals surface area contributed by atoms with Crippen LogP contribution in [-0.2, 0) is 19.3 Å². The topological polar surface area (TPSA) is 129 Å². The number of ether oxygens (including phenoxy) is 1. The standard InChI is InChI=1S/C37H72N8.C17H33NO4/c1-27-38-30(41-37(13,14)26-32(2,3)4)40-31(39-27)45(29-24-35(9,10)43-36(11,12)25-29)21-19-17-16-18-20-44(15)28-22-33(5,6)42-34(7,8)23-28;1-14(19)8-7-10-21-22-11-9-18-16(2,3)12-15(20-6)13-17(18,4)5/h28-29,42-43H,16-26H2,1-15H3,(H,38,39,40,41);15H,7-13H2,1-6H3. The molecule has 0 unspecified atom stereocenters. The highest BCUT2D eigenvalue weighted by Gasteiger charge is 2.45. The van der Waals surface area contributed by atoms with Gasteiger partial charge in [-0.1, -0.05) is 33.6 Å². The smallest absolute Gasteiger partial charge is 0.230 e. The number of aryl methyl sites for hydroxylation is 1. The van der Waals surface area contributed by atoms with Gasteiger partial charge in [-0.25, -0.2) is 9.78 Å². The summed E-state index contributed by atoms with van der Waals surface area (Å²) in [4.78, 5) is 43.7. The molecule has 0 amide bonds. The van der Waals surface area contributed by atoms with Gasteiger partial charge in [0, 0.05) is 77.5 Å². The fourth-order valence-corrected chi connectivity index (χ4v) is 12.6. The van der Waals surface area contributed by atoms with Crippen molar-refractivity contribution < 1.29 is 19.3 Å². The summed E-state index contributed by atoms with van der Waals surface area (Å²) < 4.78 is 5.59. The number of aromatic nitrogens is 3. The molecule has 0 spiro atoms. The van der Waals surface area contributed by atoms with Crippen LogP contribution in [0.15, 0.2) is 0 Å². The van der Waals surface area contributed by atoms with Crippen molar-refractivity contribution in [1.82, 2.24) is 35.4 Å². The number of anilines is 2. The molecule has 0 aromatic carbocycles. The predicted octanol–water partition coefficient (Wildman–Crippen LogP) is 10.7. The van der Waals surface area contributed by atoms with E-state index in [0.717, 1.165) is 63.4 Å². The molecule has 67 heavy (non-hydrogen) atoms. The zero-order valence-corrected chi connectivity index (χ0v) is 47.3. The van der Waals surface area contributed by atoms with E-state index in [0.29, 0.717) is 50.2 Å². The van der Waals surface area contributed by atoms with Crippen LogP contribution >= 0.6 is 0 Å². The molecule has 4 rings (SSSR count). The quantitative estimate of drug-likeness (QED) is 0.0580. The Kier molecular flexibility index (Phi) is 21.2. The number of rotatable bonds is 22. The van der Waals surface area contributed by atoms with E-state index < -0.39 is 0 Å². The number of carbonyl (C=O) groups is 1. The summed E-state index contributed by atoms with van der Waals surface area (Å²) in [6.07, 6.45) is 14.0. The first-order valence-corrected chi connectivity index (χ1v) is 26.1. The van der Waals surface area contributed by atoms with Crippen LogP contribution in [0.25, 0.3) is 0 Å². The number of hydrogen-bond donors (Lipinski definition) is 3. The van der Waals surface area contributed by atoms with Crippen LogP contribution in [0, 0.1) is 12.3 Å². The number of nitrogens with one attached hydrogen (secondary N) is 3. The molecule has 13 heteroatoms. The van der Waals surface area contributed by atoms with E-state index in [2.05, 4.69) is 155 Å². The first-order chi connectivity index (χ1) is 30.5. The summed E-state index contributed by atoms with van der Waals surface area (Å²) >= 11 is 0. The Balaban J connectivity index is 0.000000453. The Morgan fingerprint density at radius 2 is 1.19 bits per heavy atom. The molecule has 1 aromatic rings. The third-order valence-corrected chi connectivity index (χ3v) is 14.0. The van der Waals surface area contributed by atoms with Crippen molar-refractivity contribution in [2.24, 2.45) is 5.41 Å². The largest absolute Gasteiger partial charge is 0.381 e. The minimum Gasteiger partial charge on any atom is -0.381 e. The summed E-state index contributed by atoms with van der Waals surface area (Å²) in [5, 5.41) is 11.4. The lowest BCUT2D eigenvalue weighted by atomic mass is 9.78. The lowest BCUT2D eigenvalue weighted by molar-refractivity contribution is -0.299. The van der Waals surface area contributed by atoms with E-state index in [1.54, 1.807) is 14.0 Å². The highest BCUT2D eigenvalue weighted by Crippen LogP contribution is 2.39. The average molecular weight is 944 g/mol. The maximum absolute atomic E-state index is 10.8. The lowest BCUT2D eigenvalue weighted by Gasteiger charge is -2.55. The van der Waals surface area contributed by atoms with Crippen LogP contribution in [0.5, 0.6) is 0 Å². The number of piperidine rings is 3. The maximum atomic E-state index is 10.8. The van der Waals surface area contributed by atoms with Crippen molar-refractivity contribution in [2.45, 2.75) is 272 Å². The zero-order valence-electron chi connectivity index (χ0n) is 47.3. The van der Waals surface area contributed by atoms with E-state index in [-0.39, 0.29) is 50.0 Å². The molecule has 0 atom stereocenters. The van der Waals surface area contributed by atoms with Crippen molar-refractivity contribution in [3.63, 3.8) is 0 Å². The fraction of sp³-hybridized carbons (Fsp3) is 0.926. The van der Waals surface area contributed by atoms with Crippen LogP contribution in [0.3, 0.4) is 0 Å². The fourth-order valence-electron chi connectivity index (χ4n) is 12.6. The predicted molar refractivity (Wildman–Crippen MR) is 280 cm³/mol. The molecule has 1 aromatic heterocycles. The maximum Gasteiger partial charge on any atom is 0.230 e. The lowest BCUT2D eigenvalue weighted by Crippen LogP contribution is -2.62. The van der Waals surface area contributed by atoms with Crippen molar-refractivity contribution in [2.75, 3.05) is 57.2 Å². The molecule has 4 heterocycles. The number of carbonyl (C=O) groups excluding carboxylic acids is 1. The third kappa shape index (κ3) is 21.1. The van der Waals surface area contributed by atoms with E-state index in [1.165, 1.54) is 38.6 Å². The second-order valence-electron chi connectivity index (χ2n) is 26.7. The number of likely N-dealkylation sites (tertiary alicyclic amines) is 1. The van der Waals surface area contributed by atoms with E-state index >= 15 is 0 Å². The Morgan fingerprint density at radius 3 is 1.69 bits per heavy atom. The van der Waals surface area contributed by atoms with Crippen molar-refractivity contribution in [3.8, 4) is 0 Å². The first kappa shape index (κ1) is 59.3. The Hall–Kier alpha value is -2.00. The second-order valence-corrected chi connectivity index (χ2v) is 26.7. The molecule has 13 nitrogen and oxygen atoms in total. The molecule has 0 bridgehead atoms. The van der Waals surface area contributed by atoms with Crippen molar-refractivity contribution in [1.29, 1.82) is 0 Å². The Labute approximate surface area is 411 Å². The van der Waals surface area contributed by atoms with Crippen LogP contribution in [0.2, 0.25) is 0 Å². The number of ketones is 1. The number of nitrogens with zero attached hydrogens (tertiary/aromatic N) is 6. The zero-order chi connectivity index (χ0) is 50.9. The van der Waals surface area contributed by atoms with Gasteiger partial charge in [0.05, 0.1) is 19.3 Å². The molecule has 3 aliphatic rings. The van der Waals surface area contributed by atoms with Crippen LogP contribution in [-0.4, -0.2) is 135 Å². The molecule has 0 aliphatic carbocycles. The highest BCUT2D eigenvalue weighted by molar-refractivity contribution is 5.75. The van der Waals surface area contributed by atoms with Gasteiger partial charge < -0.3 is 35.3 Å². The molecule has 0 radical (unpaired) electrons. The van der Waals surface area contributed by atoms with Gasteiger partial charge in [0.15, 0.2) is 0 Å². The number of hydrogen-bond acceptors (Lipinski definition) is 13. The molecule has 390 valence electrons. The van der Waals surface area contributed by atoms with E-state index in [9.17, 15) is 4.79 Å². The molecule has 3 aliphatic heterocycles. The molecular weight excluding hydrogens is 839 g/mol. The van der Waals surface area contributed by atoms with Gasteiger partial charge in [0.25, 0.3) is 0 Å². The number of Topliss-reactive ketones (excluding diaryl/α,β-unsaturated/α-hetero) is 1. The summed E-state index contributed by atoms with van der Waals surface area (Å²) in [5.41, 5.74) is 0.686. The van der Waals surface area contributed by atoms with E-state index in [4.69, 9.17) is 29.5 Å². The molecule has 3 saturated heterocycles. The summed E-state index contributed by atoms with van der Waals surface area (Å²) in [6.45, 7) is 46.7. The minimum atomic E-state index is -0.125. The Morgan fingerprint density at radius 1 is 0.701 bits per heavy atom. The van der Waals surface area contributed by atoms with Crippen molar-refractivity contribution in [3.05, 3.63) is 5.82 Å². The highest BCUT2D eigenvalue weighted by atomic mass is 17.2. The molecule has 3 fully saturated rings. The number of unbranched alkanes of at least 4 members (excludes halogenated alkanes) is 3. The van der Waals surface area contributed by atoms with E-state index in [1.807, 2.05) is 6.92 Å². The molecular formula is C54H105N9O4. The average Bonchev–Trinajstić information content (AvgIpc) is 3.10. The summed E-state index contributed by atoms with van der Waals surface area (Å²) in [5.74, 6) is 2.48.